The van der Waals surface area contributed by atoms with Crippen LogP contribution in [-0.2, 0) is 26.1 Å². The Morgan fingerprint density at radius 2 is 1.95 bits per heavy atom. The summed E-state index contributed by atoms with van der Waals surface area (Å²) in [5.41, 5.74) is 5.69. The SMILES string of the molecule is Cc1nc(CN(Cc2cccc(CNC(=O)c3c(Cl)cncc3Cl)c2)C2CCCc3cccnc32)co1. The number of carbonyl (C=O) groups excluding carboxylic acids is 1. The van der Waals surface area contributed by atoms with E-state index >= 15 is 0 Å². The Balaban J connectivity index is 1.35. The van der Waals surface area contributed by atoms with Gasteiger partial charge < -0.3 is 9.73 Å². The Kier molecular flexibility index (Phi) is 7.84. The molecule has 5 rings (SSSR count). The second-order valence-electron chi connectivity index (χ2n) is 9.20. The minimum absolute atomic E-state index is 0.182. The molecule has 3 aromatic heterocycles. The van der Waals surface area contributed by atoms with Crippen molar-refractivity contribution in [2.45, 2.75) is 51.9 Å². The van der Waals surface area contributed by atoms with Crippen molar-refractivity contribution in [3.63, 3.8) is 0 Å². The number of halogens is 2. The van der Waals surface area contributed by atoms with Crippen molar-refractivity contribution in [1.29, 1.82) is 0 Å². The van der Waals surface area contributed by atoms with Gasteiger partial charge in [-0.15, -0.1) is 0 Å². The van der Waals surface area contributed by atoms with Crippen molar-refractivity contribution in [3.05, 3.63) is 111 Å². The molecule has 1 aromatic carbocycles. The predicted octanol–water partition coefficient (Wildman–Crippen LogP) is 6.09. The number of amides is 1. The van der Waals surface area contributed by atoms with Crippen LogP contribution in [0.1, 0.15) is 63.2 Å². The second-order valence-corrected chi connectivity index (χ2v) is 10.0. The highest BCUT2D eigenvalue weighted by Crippen LogP contribution is 2.34. The molecule has 1 aliphatic carbocycles. The first-order valence-corrected chi connectivity index (χ1v) is 13.0. The molecule has 1 unspecified atom stereocenters. The van der Waals surface area contributed by atoms with Crippen molar-refractivity contribution in [1.82, 2.24) is 25.2 Å². The van der Waals surface area contributed by atoms with Crippen LogP contribution >= 0.6 is 23.2 Å². The second kappa shape index (κ2) is 11.4. The first-order valence-electron chi connectivity index (χ1n) is 12.2. The average Bonchev–Trinajstić information content (AvgIpc) is 3.31. The van der Waals surface area contributed by atoms with Crippen molar-refractivity contribution < 1.29 is 9.21 Å². The van der Waals surface area contributed by atoms with Gasteiger partial charge in [0.2, 0.25) is 0 Å². The van der Waals surface area contributed by atoms with E-state index in [9.17, 15) is 4.79 Å². The number of fused-ring (bicyclic) bond motifs is 1. The minimum atomic E-state index is -0.337. The van der Waals surface area contributed by atoms with Crippen LogP contribution in [0.2, 0.25) is 10.0 Å². The lowest BCUT2D eigenvalue weighted by atomic mass is 9.90. The van der Waals surface area contributed by atoms with Crippen molar-refractivity contribution in [2.24, 2.45) is 0 Å². The number of carbonyl (C=O) groups is 1. The van der Waals surface area contributed by atoms with E-state index in [2.05, 4.69) is 38.4 Å². The van der Waals surface area contributed by atoms with Crippen LogP contribution in [0.5, 0.6) is 0 Å². The van der Waals surface area contributed by atoms with Crippen LogP contribution < -0.4 is 5.32 Å². The summed E-state index contributed by atoms with van der Waals surface area (Å²) in [6.07, 6.45) is 9.62. The van der Waals surface area contributed by atoms with E-state index in [1.54, 1.807) is 6.26 Å². The Morgan fingerprint density at radius 1 is 1.14 bits per heavy atom. The maximum atomic E-state index is 12.7. The largest absolute Gasteiger partial charge is 0.449 e. The molecule has 1 N–H and O–H groups in total. The Hall–Kier alpha value is -3.26. The molecule has 0 bridgehead atoms. The first-order chi connectivity index (χ1) is 18.0. The van der Waals surface area contributed by atoms with Crippen LogP contribution in [0.3, 0.4) is 0 Å². The first kappa shape index (κ1) is 25.4. The van der Waals surface area contributed by atoms with Crippen LogP contribution in [0.25, 0.3) is 0 Å². The highest BCUT2D eigenvalue weighted by Gasteiger charge is 2.28. The van der Waals surface area contributed by atoms with Crippen LogP contribution in [0.4, 0.5) is 0 Å². The molecule has 1 atom stereocenters. The molecule has 4 aromatic rings. The smallest absolute Gasteiger partial charge is 0.254 e. The van der Waals surface area contributed by atoms with Crippen molar-refractivity contribution in [3.8, 4) is 0 Å². The summed E-state index contributed by atoms with van der Waals surface area (Å²) in [7, 11) is 0. The van der Waals surface area contributed by atoms with Gasteiger partial charge in [-0.1, -0.05) is 53.5 Å². The van der Waals surface area contributed by atoms with Gasteiger partial charge in [0.15, 0.2) is 5.89 Å². The fourth-order valence-corrected chi connectivity index (χ4v) is 5.41. The van der Waals surface area contributed by atoms with Gasteiger partial charge in [-0.2, -0.15) is 0 Å². The van der Waals surface area contributed by atoms with E-state index in [4.69, 9.17) is 32.6 Å². The molecule has 0 fully saturated rings. The molecule has 7 nitrogen and oxygen atoms in total. The fraction of sp³-hybridized carbons (Fsp3) is 0.286. The molecule has 37 heavy (non-hydrogen) atoms. The number of nitrogens with one attached hydrogen (secondary N) is 1. The van der Waals surface area contributed by atoms with E-state index in [-0.39, 0.29) is 27.6 Å². The van der Waals surface area contributed by atoms with Crippen LogP contribution in [0.15, 0.2) is 65.7 Å². The van der Waals surface area contributed by atoms with Crippen molar-refractivity contribution >= 4 is 29.1 Å². The monoisotopic (exact) mass is 535 g/mol. The third kappa shape index (κ3) is 6.01. The molecule has 0 spiro atoms. The number of benzene rings is 1. The molecule has 3 heterocycles. The lowest BCUT2D eigenvalue weighted by Crippen LogP contribution is -2.31. The van der Waals surface area contributed by atoms with Gasteiger partial charge in [0.1, 0.15) is 6.26 Å². The van der Waals surface area contributed by atoms with Gasteiger partial charge in [0, 0.05) is 45.1 Å². The Morgan fingerprint density at radius 3 is 2.73 bits per heavy atom. The molecule has 1 aliphatic rings. The van der Waals surface area contributed by atoms with Crippen LogP contribution in [-0.4, -0.2) is 25.8 Å². The molecular formula is C28H27Cl2N5O2. The summed E-state index contributed by atoms with van der Waals surface area (Å²) in [4.78, 5) is 28.3. The quantitative estimate of drug-likeness (QED) is 0.294. The van der Waals surface area contributed by atoms with Crippen LogP contribution in [0, 0.1) is 6.92 Å². The standard InChI is InChI=1S/C28H27Cl2N5O2/c1-18-34-22(17-37-18)16-35(25-9-3-7-21-8-4-10-32-27(21)25)15-20-6-2-5-19(11-20)12-33-28(36)26-23(29)13-31-14-24(26)30/h2,4-6,8,10-11,13-14,17,25H,3,7,9,12,15-16H2,1H3,(H,33,36). The van der Waals surface area contributed by atoms with Gasteiger partial charge >= 0.3 is 0 Å². The normalized spacial score (nSPS) is 15.0. The summed E-state index contributed by atoms with van der Waals surface area (Å²) < 4.78 is 5.48. The number of aryl methyl sites for hydroxylation is 2. The highest BCUT2D eigenvalue weighted by molar-refractivity contribution is 6.39. The fourth-order valence-electron chi connectivity index (χ4n) is 4.88. The summed E-state index contributed by atoms with van der Waals surface area (Å²) in [5.74, 6) is 0.319. The predicted molar refractivity (Wildman–Crippen MR) is 142 cm³/mol. The maximum absolute atomic E-state index is 12.7. The lowest BCUT2D eigenvalue weighted by molar-refractivity contribution is 0.0951. The zero-order valence-corrected chi connectivity index (χ0v) is 22.0. The third-order valence-corrected chi connectivity index (χ3v) is 7.12. The Bertz CT molecular complexity index is 1390. The van der Waals surface area contributed by atoms with Gasteiger partial charge in [-0.25, -0.2) is 4.98 Å². The van der Waals surface area contributed by atoms with E-state index in [0.29, 0.717) is 25.5 Å². The van der Waals surface area contributed by atoms with E-state index in [1.807, 2.05) is 31.3 Å². The number of hydrogen-bond donors (Lipinski definition) is 1. The summed E-state index contributed by atoms with van der Waals surface area (Å²) >= 11 is 12.3. The molecule has 0 saturated carbocycles. The molecule has 0 saturated heterocycles. The van der Waals surface area contributed by atoms with Gasteiger partial charge in [0.25, 0.3) is 5.91 Å². The number of pyridine rings is 2. The molecule has 190 valence electrons. The van der Waals surface area contributed by atoms with Gasteiger partial charge in [0.05, 0.1) is 33.0 Å². The number of rotatable bonds is 8. The van der Waals surface area contributed by atoms with Gasteiger partial charge in [-0.3, -0.25) is 19.7 Å². The number of oxazole rings is 1. The van der Waals surface area contributed by atoms with Crippen molar-refractivity contribution in [2.75, 3.05) is 0 Å². The number of hydrogen-bond acceptors (Lipinski definition) is 6. The molecular weight excluding hydrogens is 509 g/mol. The minimum Gasteiger partial charge on any atom is -0.449 e. The molecule has 0 radical (unpaired) electrons. The Labute approximate surface area is 225 Å². The summed E-state index contributed by atoms with van der Waals surface area (Å²) in [6, 6.07) is 12.6. The van der Waals surface area contributed by atoms with E-state index in [1.165, 1.54) is 18.0 Å². The van der Waals surface area contributed by atoms with Gasteiger partial charge in [-0.05, 0) is 42.0 Å². The molecule has 0 aliphatic heterocycles. The zero-order chi connectivity index (χ0) is 25.8. The number of aromatic nitrogens is 3. The average molecular weight is 536 g/mol. The van der Waals surface area contributed by atoms with E-state index < -0.39 is 0 Å². The molecule has 9 heteroatoms. The summed E-state index contributed by atoms with van der Waals surface area (Å²) in [5, 5.41) is 3.36. The lowest BCUT2D eigenvalue weighted by Gasteiger charge is -2.34. The topological polar surface area (TPSA) is 84.2 Å². The zero-order valence-electron chi connectivity index (χ0n) is 20.5. The maximum Gasteiger partial charge on any atom is 0.254 e. The highest BCUT2D eigenvalue weighted by atomic mass is 35.5. The molecule has 1 amide bonds. The number of nitrogens with zero attached hydrogens (tertiary/aromatic N) is 4. The third-order valence-electron chi connectivity index (χ3n) is 6.55. The van der Waals surface area contributed by atoms with E-state index in [0.717, 1.165) is 41.8 Å². The summed E-state index contributed by atoms with van der Waals surface area (Å²) in [6.45, 7) is 3.56.